The van der Waals surface area contributed by atoms with Crippen LogP contribution in [0.25, 0.3) is 0 Å². The SMILES string of the molecule is Cl.FC(F)(F)c1cc(CO[C@@H]2CCCN(Cc3nc(Br)no3)[C@@H]2c2ccccc2)cc(C(F)(F)F)c1. The normalized spacial score (nSPS) is 19.2. The fourth-order valence-corrected chi connectivity index (χ4v) is 4.50. The first-order valence-electron chi connectivity index (χ1n) is 10.7. The Labute approximate surface area is 217 Å². The zero-order valence-corrected chi connectivity index (χ0v) is 20.9. The molecule has 2 atom stereocenters. The molecular formula is C23H21BrClF6N3O2. The highest BCUT2D eigenvalue weighted by molar-refractivity contribution is 9.10. The van der Waals surface area contributed by atoms with Crippen molar-refractivity contribution in [3.8, 4) is 0 Å². The van der Waals surface area contributed by atoms with Gasteiger partial charge in [0.15, 0.2) is 0 Å². The van der Waals surface area contributed by atoms with Gasteiger partial charge in [-0.25, -0.2) is 0 Å². The Morgan fingerprint density at radius 2 is 1.64 bits per heavy atom. The highest BCUT2D eigenvalue weighted by Crippen LogP contribution is 2.38. The number of aromatic nitrogens is 2. The van der Waals surface area contributed by atoms with Crippen LogP contribution >= 0.6 is 28.3 Å². The van der Waals surface area contributed by atoms with Gasteiger partial charge in [-0.3, -0.25) is 4.90 Å². The molecule has 2 aromatic carbocycles. The zero-order chi connectivity index (χ0) is 25.2. The fraction of sp³-hybridized carbons (Fsp3) is 0.391. The average molecular weight is 601 g/mol. The first kappa shape index (κ1) is 28.4. The van der Waals surface area contributed by atoms with Crippen molar-refractivity contribution >= 4 is 28.3 Å². The summed E-state index contributed by atoms with van der Waals surface area (Å²) in [5.41, 5.74) is -2.02. The van der Waals surface area contributed by atoms with Gasteiger partial charge in [0.25, 0.3) is 0 Å². The van der Waals surface area contributed by atoms with Crippen LogP contribution in [0.2, 0.25) is 0 Å². The molecule has 3 aromatic rings. The van der Waals surface area contributed by atoms with Crippen molar-refractivity contribution in [3.05, 3.63) is 81.4 Å². The van der Waals surface area contributed by atoms with E-state index in [4.69, 9.17) is 9.26 Å². The van der Waals surface area contributed by atoms with Crippen LogP contribution in [0.5, 0.6) is 0 Å². The second-order valence-electron chi connectivity index (χ2n) is 8.19. The summed E-state index contributed by atoms with van der Waals surface area (Å²) >= 11 is 3.14. The van der Waals surface area contributed by atoms with Crippen molar-refractivity contribution in [1.82, 2.24) is 15.0 Å². The van der Waals surface area contributed by atoms with Crippen molar-refractivity contribution in [1.29, 1.82) is 0 Å². The van der Waals surface area contributed by atoms with Gasteiger partial charge >= 0.3 is 12.4 Å². The largest absolute Gasteiger partial charge is 0.416 e. The molecule has 0 amide bonds. The number of ether oxygens (including phenoxy) is 1. The van der Waals surface area contributed by atoms with Gasteiger partial charge in [0.2, 0.25) is 10.6 Å². The number of piperidine rings is 1. The molecule has 1 fully saturated rings. The number of hydrogen-bond donors (Lipinski definition) is 0. The summed E-state index contributed by atoms with van der Waals surface area (Å²) in [6.45, 7) is 0.571. The second kappa shape index (κ2) is 11.5. The molecule has 0 aliphatic carbocycles. The summed E-state index contributed by atoms with van der Waals surface area (Å²) in [4.78, 5) is 6.21. The molecule has 1 aliphatic heterocycles. The molecule has 5 nitrogen and oxygen atoms in total. The van der Waals surface area contributed by atoms with Crippen molar-refractivity contribution in [2.45, 2.75) is 50.5 Å². The van der Waals surface area contributed by atoms with E-state index < -0.39 is 36.2 Å². The van der Waals surface area contributed by atoms with E-state index in [0.717, 1.165) is 5.56 Å². The molecule has 2 heterocycles. The number of nitrogens with zero attached hydrogens (tertiary/aromatic N) is 3. The van der Waals surface area contributed by atoms with E-state index in [2.05, 4.69) is 31.0 Å². The Bertz CT molecular complexity index is 1110. The van der Waals surface area contributed by atoms with Gasteiger partial charge in [0.05, 0.1) is 36.4 Å². The predicted octanol–water partition coefficient (Wildman–Crippen LogP) is 7.21. The molecule has 0 unspecified atom stereocenters. The summed E-state index contributed by atoms with van der Waals surface area (Å²) in [5.74, 6) is 0.367. The standard InChI is InChI=1S/C23H20BrF6N3O2.ClH/c24-21-31-19(35-32-21)12-33-8-4-7-18(20(33)15-5-2-1-3-6-15)34-13-14-9-16(22(25,26)27)11-17(10-14)23(28,29)30;/h1-3,5-6,9-11,18,20H,4,7-8,12-13H2;1H/t18-,20-;/m1./s1. The lowest BCUT2D eigenvalue weighted by Crippen LogP contribution is -2.42. The molecule has 0 N–H and O–H groups in total. The van der Waals surface area contributed by atoms with E-state index in [1.54, 1.807) is 0 Å². The van der Waals surface area contributed by atoms with Gasteiger partial charge in [0.1, 0.15) is 0 Å². The Kier molecular flexibility index (Phi) is 9.07. The van der Waals surface area contributed by atoms with Crippen LogP contribution in [0, 0.1) is 0 Å². The molecule has 0 saturated carbocycles. The number of benzene rings is 2. The zero-order valence-electron chi connectivity index (χ0n) is 18.5. The first-order chi connectivity index (χ1) is 16.5. The van der Waals surface area contributed by atoms with E-state index >= 15 is 0 Å². The fourth-order valence-electron chi connectivity index (χ4n) is 4.23. The van der Waals surface area contributed by atoms with Crippen molar-refractivity contribution in [2.24, 2.45) is 0 Å². The van der Waals surface area contributed by atoms with Crippen molar-refractivity contribution in [3.63, 3.8) is 0 Å². The molecule has 13 heteroatoms. The summed E-state index contributed by atoms with van der Waals surface area (Å²) < 4.78 is 90.9. The lowest BCUT2D eigenvalue weighted by Gasteiger charge is -2.40. The van der Waals surface area contributed by atoms with Crippen LogP contribution in [-0.4, -0.2) is 27.7 Å². The van der Waals surface area contributed by atoms with Crippen LogP contribution in [0.4, 0.5) is 26.3 Å². The number of rotatable bonds is 6. The first-order valence-corrected chi connectivity index (χ1v) is 11.5. The lowest BCUT2D eigenvalue weighted by molar-refractivity contribution is -0.143. The topological polar surface area (TPSA) is 51.4 Å². The third-order valence-corrected chi connectivity index (χ3v) is 6.04. The maximum absolute atomic E-state index is 13.2. The van der Waals surface area contributed by atoms with Crippen LogP contribution in [-0.2, 0) is 30.2 Å². The maximum atomic E-state index is 13.2. The molecule has 196 valence electrons. The molecule has 0 bridgehead atoms. The third-order valence-electron chi connectivity index (χ3n) is 5.71. The van der Waals surface area contributed by atoms with Gasteiger partial charge in [-0.2, -0.15) is 31.3 Å². The van der Waals surface area contributed by atoms with Crippen LogP contribution in [0.1, 0.15) is 47.0 Å². The highest BCUT2D eigenvalue weighted by Gasteiger charge is 2.38. The van der Waals surface area contributed by atoms with Gasteiger partial charge in [-0.1, -0.05) is 30.3 Å². The quantitative estimate of drug-likeness (QED) is 0.280. The summed E-state index contributed by atoms with van der Waals surface area (Å²) in [7, 11) is 0. The van der Waals surface area contributed by atoms with Gasteiger partial charge in [-0.15, -0.1) is 12.4 Å². The minimum atomic E-state index is -4.91. The number of alkyl halides is 6. The van der Waals surface area contributed by atoms with Gasteiger partial charge in [0, 0.05) is 0 Å². The van der Waals surface area contributed by atoms with E-state index in [-0.39, 0.29) is 30.1 Å². The van der Waals surface area contributed by atoms with Crippen molar-refractivity contribution in [2.75, 3.05) is 6.54 Å². The number of halogens is 8. The van der Waals surface area contributed by atoms with Crippen LogP contribution in [0.15, 0.2) is 57.8 Å². The molecule has 0 spiro atoms. The van der Waals surface area contributed by atoms with Crippen LogP contribution < -0.4 is 0 Å². The average Bonchev–Trinajstić information content (AvgIpc) is 3.21. The highest BCUT2D eigenvalue weighted by atomic mass is 79.9. The minimum absolute atomic E-state index is 0. The van der Waals surface area contributed by atoms with Crippen molar-refractivity contribution < 1.29 is 35.6 Å². The molecule has 1 aromatic heterocycles. The van der Waals surface area contributed by atoms with E-state index in [9.17, 15) is 26.3 Å². The lowest BCUT2D eigenvalue weighted by atomic mass is 9.92. The maximum Gasteiger partial charge on any atom is 0.416 e. The third kappa shape index (κ3) is 6.99. The Morgan fingerprint density at radius 1 is 1.00 bits per heavy atom. The molecule has 36 heavy (non-hydrogen) atoms. The van der Waals surface area contributed by atoms with E-state index in [1.165, 1.54) is 0 Å². The van der Waals surface area contributed by atoms with Gasteiger partial charge in [-0.05, 0) is 69.8 Å². The molecule has 0 radical (unpaired) electrons. The van der Waals surface area contributed by atoms with Crippen LogP contribution in [0.3, 0.4) is 0 Å². The predicted molar refractivity (Wildman–Crippen MR) is 123 cm³/mol. The monoisotopic (exact) mass is 599 g/mol. The number of likely N-dealkylation sites (tertiary alicyclic amines) is 1. The van der Waals surface area contributed by atoms with E-state index in [0.29, 0.717) is 48.7 Å². The molecule has 1 aliphatic rings. The Morgan fingerprint density at radius 3 is 2.19 bits per heavy atom. The minimum Gasteiger partial charge on any atom is -0.372 e. The number of hydrogen-bond acceptors (Lipinski definition) is 5. The molecule has 1 saturated heterocycles. The smallest absolute Gasteiger partial charge is 0.372 e. The molecular weight excluding hydrogens is 580 g/mol. The van der Waals surface area contributed by atoms with E-state index in [1.807, 2.05) is 30.3 Å². The molecule has 4 rings (SSSR count). The summed E-state index contributed by atoms with van der Waals surface area (Å²) in [6.07, 6.45) is -9.03. The van der Waals surface area contributed by atoms with Gasteiger partial charge < -0.3 is 9.26 Å². The second-order valence-corrected chi connectivity index (χ2v) is 8.90. The summed E-state index contributed by atoms with van der Waals surface area (Å²) in [6, 6.07) is 10.5. The Hall–Kier alpha value is -2.15. The summed E-state index contributed by atoms with van der Waals surface area (Å²) in [5, 5.41) is 3.72. The Balaban J connectivity index is 0.00000361.